The Morgan fingerprint density at radius 3 is 2.71 bits per heavy atom. The Kier molecular flexibility index (Phi) is 8.51. The Balaban J connectivity index is 1.39. The number of thiazole rings is 1. The largest absolute Gasteiger partial charge is 0.383 e. The molecule has 0 aliphatic heterocycles. The lowest BCUT2D eigenvalue weighted by Crippen LogP contribution is -2.29. The number of nitrogens with one attached hydrogen (secondary N) is 1. The molecule has 4 aromatic rings. The summed E-state index contributed by atoms with van der Waals surface area (Å²) >= 11 is 1.54. The summed E-state index contributed by atoms with van der Waals surface area (Å²) in [5.41, 5.74) is 5.12. The highest BCUT2D eigenvalue weighted by atomic mass is 32.1. The molecule has 8 heteroatoms. The van der Waals surface area contributed by atoms with Gasteiger partial charge in [-0.2, -0.15) is 0 Å². The molecule has 0 bridgehead atoms. The summed E-state index contributed by atoms with van der Waals surface area (Å²) in [5, 5.41) is 4.16. The lowest BCUT2D eigenvalue weighted by atomic mass is 10.1. The van der Waals surface area contributed by atoms with Crippen molar-refractivity contribution in [1.29, 1.82) is 0 Å². The molecule has 0 saturated heterocycles. The van der Waals surface area contributed by atoms with Gasteiger partial charge in [0.05, 0.1) is 12.3 Å². The number of aromatic nitrogens is 4. The highest BCUT2D eigenvalue weighted by Crippen LogP contribution is 2.29. The van der Waals surface area contributed by atoms with Crippen LogP contribution in [0.1, 0.15) is 31.0 Å². The second kappa shape index (κ2) is 12.0. The predicted octanol–water partition coefficient (Wildman–Crippen LogP) is 5.49. The molecule has 4 heterocycles. The Labute approximate surface area is 205 Å². The number of nitrogens with zero attached hydrogens (tertiary/aromatic N) is 5. The molecule has 0 radical (unpaired) electrons. The van der Waals surface area contributed by atoms with Gasteiger partial charge in [-0.1, -0.05) is 18.3 Å². The van der Waals surface area contributed by atoms with Crippen molar-refractivity contribution in [2.75, 3.05) is 38.7 Å². The number of hydrogen-bond donors (Lipinski definition) is 1. The zero-order valence-electron chi connectivity index (χ0n) is 20.1. The van der Waals surface area contributed by atoms with Crippen molar-refractivity contribution >= 4 is 32.6 Å². The van der Waals surface area contributed by atoms with Gasteiger partial charge >= 0.3 is 0 Å². The monoisotopic (exact) mass is 476 g/mol. The number of methoxy groups -OCH3 is 1. The third-order valence-electron chi connectivity index (χ3n) is 5.60. The number of rotatable bonds is 12. The molecule has 4 rings (SSSR count). The van der Waals surface area contributed by atoms with Crippen molar-refractivity contribution in [2.24, 2.45) is 0 Å². The molecule has 0 fully saturated rings. The third kappa shape index (κ3) is 6.56. The van der Waals surface area contributed by atoms with Crippen molar-refractivity contribution < 1.29 is 4.74 Å². The van der Waals surface area contributed by atoms with E-state index in [-0.39, 0.29) is 0 Å². The second-order valence-corrected chi connectivity index (χ2v) is 9.32. The highest BCUT2D eigenvalue weighted by molar-refractivity contribution is 7.21. The van der Waals surface area contributed by atoms with E-state index in [0.29, 0.717) is 0 Å². The van der Waals surface area contributed by atoms with Gasteiger partial charge in [0.15, 0.2) is 5.13 Å². The fraction of sp³-hybridized carbons (Fsp3) is 0.385. The number of ether oxygens (including phenoxy) is 1. The summed E-state index contributed by atoms with van der Waals surface area (Å²) in [4.78, 5) is 21.6. The first kappa shape index (κ1) is 24.2. The van der Waals surface area contributed by atoms with Gasteiger partial charge in [-0.25, -0.2) is 15.0 Å². The molecule has 0 amide bonds. The molecule has 0 saturated carbocycles. The van der Waals surface area contributed by atoms with E-state index in [1.807, 2.05) is 43.6 Å². The van der Waals surface area contributed by atoms with Crippen LogP contribution in [0, 0.1) is 6.92 Å². The fourth-order valence-corrected chi connectivity index (χ4v) is 4.77. The van der Waals surface area contributed by atoms with E-state index in [1.165, 1.54) is 16.9 Å². The molecule has 0 aliphatic carbocycles. The normalized spacial score (nSPS) is 11.4. The zero-order valence-corrected chi connectivity index (χ0v) is 20.9. The van der Waals surface area contributed by atoms with E-state index in [1.54, 1.807) is 7.11 Å². The predicted molar refractivity (Wildman–Crippen MR) is 140 cm³/mol. The van der Waals surface area contributed by atoms with Crippen LogP contribution in [0.4, 0.5) is 10.9 Å². The van der Waals surface area contributed by atoms with Crippen molar-refractivity contribution in [3.8, 4) is 11.3 Å². The van der Waals surface area contributed by atoms with Gasteiger partial charge in [-0.05, 0) is 81.2 Å². The SMILES string of the molecule is CCCN(CCCc1ccnc(Nc2nc3ccc(-c4ccnc(C)c4)nc3s2)c1)CCOC. The molecule has 0 aromatic carbocycles. The first-order valence-corrected chi connectivity index (χ1v) is 12.6. The molecule has 0 unspecified atom stereocenters. The van der Waals surface area contributed by atoms with E-state index in [4.69, 9.17) is 14.7 Å². The van der Waals surface area contributed by atoms with E-state index < -0.39 is 0 Å². The molecule has 0 atom stereocenters. The van der Waals surface area contributed by atoms with Crippen LogP contribution < -0.4 is 5.32 Å². The first-order chi connectivity index (χ1) is 16.6. The van der Waals surface area contributed by atoms with Crippen molar-refractivity contribution in [2.45, 2.75) is 33.1 Å². The average molecular weight is 477 g/mol. The molecule has 0 spiro atoms. The molecular formula is C26H32N6OS. The number of aryl methyl sites for hydroxylation is 2. The maximum absolute atomic E-state index is 5.24. The number of hydrogen-bond acceptors (Lipinski definition) is 8. The van der Waals surface area contributed by atoms with E-state index in [9.17, 15) is 0 Å². The van der Waals surface area contributed by atoms with Gasteiger partial charge in [0.25, 0.3) is 0 Å². The highest BCUT2D eigenvalue weighted by Gasteiger charge is 2.09. The van der Waals surface area contributed by atoms with Crippen molar-refractivity contribution in [3.05, 3.63) is 60.0 Å². The van der Waals surface area contributed by atoms with E-state index in [2.05, 4.69) is 39.2 Å². The number of pyridine rings is 3. The molecule has 0 aliphatic rings. The average Bonchev–Trinajstić information content (AvgIpc) is 3.24. The molecule has 34 heavy (non-hydrogen) atoms. The molecule has 4 aromatic heterocycles. The van der Waals surface area contributed by atoms with E-state index >= 15 is 0 Å². The van der Waals surface area contributed by atoms with E-state index in [0.717, 1.165) is 83.8 Å². The topological polar surface area (TPSA) is 76.1 Å². The summed E-state index contributed by atoms with van der Waals surface area (Å²) < 4.78 is 5.24. The second-order valence-electron chi connectivity index (χ2n) is 8.34. The minimum absolute atomic E-state index is 0.782. The van der Waals surface area contributed by atoms with Crippen LogP contribution in [0.3, 0.4) is 0 Å². The summed E-state index contributed by atoms with van der Waals surface area (Å²) in [6.07, 6.45) is 6.96. The van der Waals surface area contributed by atoms with Crippen molar-refractivity contribution in [1.82, 2.24) is 24.8 Å². The van der Waals surface area contributed by atoms with Gasteiger partial charge in [-0.15, -0.1) is 0 Å². The standard InChI is InChI=1S/C26H32N6OS/c1-4-13-32(15-16-33-3)14-5-6-20-9-11-28-24(18-20)31-26-30-23-8-7-22(29-25(23)34-26)21-10-12-27-19(2)17-21/h7-12,17-18H,4-6,13-16H2,1-3H3,(H,28,30,31). The van der Waals surface area contributed by atoms with Crippen LogP contribution in [0.2, 0.25) is 0 Å². The van der Waals surface area contributed by atoms with Crippen LogP contribution in [-0.2, 0) is 11.2 Å². The maximum atomic E-state index is 5.24. The first-order valence-electron chi connectivity index (χ1n) is 11.8. The van der Waals surface area contributed by atoms with Crippen molar-refractivity contribution in [3.63, 3.8) is 0 Å². The molecule has 7 nitrogen and oxygen atoms in total. The lowest BCUT2D eigenvalue weighted by molar-refractivity contribution is 0.147. The molecule has 1 N–H and O–H groups in total. The summed E-state index contributed by atoms with van der Waals surface area (Å²) in [7, 11) is 1.76. The summed E-state index contributed by atoms with van der Waals surface area (Å²) in [6.45, 7) is 8.16. The Morgan fingerprint density at radius 2 is 1.88 bits per heavy atom. The lowest BCUT2D eigenvalue weighted by Gasteiger charge is -2.21. The Bertz CT molecular complexity index is 1210. The Morgan fingerprint density at radius 1 is 1.00 bits per heavy atom. The smallest absolute Gasteiger partial charge is 0.190 e. The van der Waals surface area contributed by atoms with Crippen LogP contribution in [-0.4, -0.2) is 58.2 Å². The van der Waals surface area contributed by atoms with Gasteiger partial charge in [0, 0.05) is 37.3 Å². The van der Waals surface area contributed by atoms with Gasteiger partial charge in [0.2, 0.25) is 0 Å². The van der Waals surface area contributed by atoms with Gasteiger partial charge in [-0.3, -0.25) is 4.98 Å². The quantitative estimate of drug-likeness (QED) is 0.290. The molecular weight excluding hydrogens is 444 g/mol. The zero-order chi connectivity index (χ0) is 23.8. The maximum Gasteiger partial charge on any atom is 0.190 e. The van der Waals surface area contributed by atoms with Gasteiger partial charge < -0.3 is 15.0 Å². The minimum atomic E-state index is 0.782. The van der Waals surface area contributed by atoms with Gasteiger partial charge in [0.1, 0.15) is 16.2 Å². The van der Waals surface area contributed by atoms with Crippen LogP contribution in [0.5, 0.6) is 0 Å². The Hall–Kier alpha value is -2.94. The minimum Gasteiger partial charge on any atom is -0.383 e. The number of fused-ring (bicyclic) bond motifs is 1. The van der Waals surface area contributed by atoms with Crippen LogP contribution in [0.25, 0.3) is 21.6 Å². The third-order valence-corrected chi connectivity index (χ3v) is 6.48. The summed E-state index contributed by atoms with van der Waals surface area (Å²) in [5.74, 6) is 0.811. The summed E-state index contributed by atoms with van der Waals surface area (Å²) in [6, 6.07) is 12.3. The number of anilines is 2. The molecule has 178 valence electrons. The van der Waals surface area contributed by atoms with Crippen LogP contribution >= 0.6 is 11.3 Å². The fourth-order valence-electron chi connectivity index (χ4n) is 3.92. The van der Waals surface area contributed by atoms with Crippen LogP contribution in [0.15, 0.2) is 48.8 Å².